The van der Waals surface area contributed by atoms with E-state index in [4.69, 9.17) is 0 Å². The molecule has 0 unspecified atom stereocenters. The van der Waals surface area contributed by atoms with Crippen molar-refractivity contribution in [1.29, 1.82) is 0 Å². The van der Waals surface area contributed by atoms with E-state index in [0.717, 1.165) is 16.7 Å². The van der Waals surface area contributed by atoms with Crippen LogP contribution in [0.1, 0.15) is 5.56 Å². The van der Waals surface area contributed by atoms with Crippen molar-refractivity contribution in [3.8, 4) is 16.9 Å². The number of rotatable bonds is 1. The maximum Gasteiger partial charge on any atom is 0.123 e. The fourth-order valence-corrected chi connectivity index (χ4v) is 1.57. The highest BCUT2D eigenvalue weighted by Gasteiger charge is 2.00. The second-order valence-corrected chi connectivity index (χ2v) is 3.56. The molecule has 0 aliphatic heterocycles. The van der Waals surface area contributed by atoms with Gasteiger partial charge in [-0.3, -0.25) is 0 Å². The molecule has 2 aromatic carbocycles. The highest BCUT2D eigenvalue weighted by atomic mass is 19.1. The summed E-state index contributed by atoms with van der Waals surface area (Å²) in [6.07, 6.45) is 0. The molecule has 0 aliphatic carbocycles. The first-order chi connectivity index (χ1) is 7.15. The first-order valence-corrected chi connectivity index (χ1v) is 4.72. The van der Waals surface area contributed by atoms with Crippen molar-refractivity contribution < 1.29 is 9.50 Å². The molecular formula is C13H11FO. The number of phenolic OH excluding ortho intramolecular Hbond substituents is 1. The van der Waals surface area contributed by atoms with Crippen LogP contribution in [0.3, 0.4) is 0 Å². The predicted octanol–water partition coefficient (Wildman–Crippen LogP) is 3.51. The van der Waals surface area contributed by atoms with Crippen molar-refractivity contribution in [2.24, 2.45) is 0 Å². The Morgan fingerprint density at radius 2 is 1.60 bits per heavy atom. The standard InChI is InChI=1S/C13H11FO/c1-9-6-11(8-13(15)7-9)10-2-4-12(14)5-3-10/h2-8,15H,1H3. The molecule has 1 N–H and O–H groups in total. The van der Waals surface area contributed by atoms with Gasteiger partial charge in [-0.2, -0.15) is 0 Å². The van der Waals surface area contributed by atoms with Crippen LogP contribution in [-0.2, 0) is 0 Å². The molecule has 0 saturated carbocycles. The minimum absolute atomic E-state index is 0.231. The Kier molecular flexibility index (Phi) is 2.42. The molecule has 1 nitrogen and oxygen atoms in total. The predicted molar refractivity (Wildman–Crippen MR) is 58.2 cm³/mol. The number of aromatic hydroxyl groups is 1. The Hall–Kier alpha value is -1.83. The van der Waals surface area contributed by atoms with E-state index in [1.54, 1.807) is 24.3 Å². The summed E-state index contributed by atoms with van der Waals surface area (Å²) < 4.78 is 12.7. The summed E-state index contributed by atoms with van der Waals surface area (Å²) in [5.41, 5.74) is 2.78. The average Bonchev–Trinajstić information content (AvgIpc) is 2.17. The van der Waals surface area contributed by atoms with Crippen LogP contribution in [0.15, 0.2) is 42.5 Å². The third-order valence-electron chi connectivity index (χ3n) is 2.24. The minimum atomic E-state index is -0.254. The Bertz CT molecular complexity index is 454. The molecule has 0 aromatic heterocycles. The topological polar surface area (TPSA) is 20.2 Å². The molecule has 76 valence electrons. The van der Waals surface area contributed by atoms with E-state index >= 15 is 0 Å². The molecule has 2 aromatic rings. The van der Waals surface area contributed by atoms with Crippen LogP contribution < -0.4 is 0 Å². The van der Waals surface area contributed by atoms with Crippen molar-refractivity contribution in [3.05, 3.63) is 53.8 Å². The first kappa shape index (κ1) is 9.71. The number of hydrogen-bond donors (Lipinski definition) is 1. The van der Waals surface area contributed by atoms with Crippen LogP contribution >= 0.6 is 0 Å². The summed E-state index contributed by atoms with van der Waals surface area (Å²) in [5, 5.41) is 9.44. The second kappa shape index (κ2) is 3.73. The molecule has 0 fully saturated rings. The number of halogens is 1. The van der Waals surface area contributed by atoms with Crippen molar-refractivity contribution in [2.75, 3.05) is 0 Å². The van der Waals surface area contributed by atoms with Crippen molar-refractivity contribution in [2.45, 2.75) is 6.92 Å². The third-order valence-corrected chi connectivity index (χ3v) is 2.24. The molecule has 0 atom stereocenters. The monoisotopic (exact) mass is 202 g/mol. The van der Waals surface area contributed by atoms with Gasteiger partial charge in [0.05, 0.1) is 0 Å². The highest BCUT2D eigenvalue weighted by Crippen LogP contribution is 2.25. The number of phenols is 1. The average molecular weight is 202 g/mol. The smallest absolute Gasteiger partial charge is 0.123 e. The van der Waals surface area contributed by atoms with Gasteiger partial charge in [0, 0.05) is 0 Å². The minimum Gasteiger partial charge on any atom is -0.508 e. The molecule has 0 bridgehead atoms. The summed E-state index contributed by atoms with van der Waals surface area (Å²) in [5.74, 6) is -0.0232. The van der Waals surface area contributed by atoms with Gasteiger partial charge in [0.25, 0.3) is 0 Å². The van der Waals surface area contributed by atoms with Gasteiger partial charge in [-0.25, -0.2) is 4.39 Å². The van der Waals surface area contributed by atoms with Gasteiger partial charge in [0.15, 0.2) is 0 Å². The molecule has 2 rings (SSSR count). The molecule has 0 radical (unpaired) electrons. The molecule has 0 aliphatic rings. The quantitative estimate of drug-likeness (QED) is 0.750. The first-order valence-electron chi connectivity index (χ1n) is 4.72. The van der Waals surface area contributed by atoms with E-state index < -0.39 is 0 Å². The largest absolute Gasteiger partial charge is 0.508 e. The molecule has 0 spiro atoms. The third kappa shape index (κ3) is 2.15. The van der Waals surface area contributed by atoms with E-state index in [1.807, 2.05) is 13.0 Å². The van der Waals surface area contributed by atoms with Gasteiger partial charge in [0.2, 0.25) is 0 Å². The molecular weight excluding hydrogens is 191 g/mol. The zero-order chi connectivity index (χ0) is 10.8. The number of hydrogen-bond acceptors (Lipinski definition) is 1. The van der Waals surface area contributed by atoms with E-state index in [9.17, 15) is 9.50 Å². The van der Waals surface area contributed by atoms with Crippen LogP contribution in [0, 0.1) is 12.7 Å². The van der Waals surface area contributed by atoms with Crippen molar-refractivity contribution >= 4 is 0 Å². The molecule has 2 heteroatoms. The van der Waals surface area contributed by atoms with Crippen molar-refractivity contribution in [1.82, 2.24) is 0 Å². The fourth-order valence-electron chi connectivity index (χ4n) is 1.57. The maximum atomic E-state index is 12.7. The highest BCUT2D eigenvalue weighted by molar-refractivity contribution is 5.65. The second-order valence-electron chi connectivity index (χ2n) is 3.56. The lowest BCUT2D eigenvalue weighted by atomic mass is 10.0. The summed E-state index contributed by atoms with van der Waals surface area (Å²) >= 11 is 0. The Balaban J connectivity index is 2.49. The van der Waals surface area contributed by atoms with Crippen LogP contribution in [0.4, 0.5) is 4.39 Å². The molecule has 0 saturated heterocycles. The fraction of sp³-hybridized carbons (Fsp3) is 0.0769. The van der Waals surface area contributed by atoms with Gasteiger partial charge < -0.3 is 5.11 Å². The van der Waals surface area contributed by atoms with E-state index in [2.05, 4.69) is 0 Å². The van der Waals surface area contributed by atoms with Gasteiger partial charge in [-0.05, 0) is 47.9 Å². The van der Waals surface area contributed by atoms with Crippen LogP contribution in [-0.4, -0.2) is 5.11 Å². The maximum absolute atomic E-state index is 12.7. The van der Waals surface area contributed by atoms with Gasteiger partial charge in [-0.15, -0.1) is 0 Å². The summed E-state index contributed by atoms with van der Waals surface area (Å²) in [6.45, 7) is 1.91. The lowest BCUT2D eigenvalue weighted by Gasteiger charge is -2.04. The van der Waals surface area contributed by atoms with Crippen LogP contribution in [0.5, 0.6) is 5.75 Å². The van der Waals surface area contributed by atoms with Gasteiger partial charge >= 0.3 is 0 Å². The number of aryl methyl sites for hydroxylation is 1. The zero-order valence-corrected chi connectivity index (χ0v) is 8.37. The Morgan fingerprint density at radius 3 is 2.20 bits per heavy atom. The van der Waals surface area contributed by atoms with Gasteiger partial charge in [-0.1, -0.05) is 18.2 Å². The lowest BCUT2D eigenvalue weighted by Crippen LogP contribution is -1.81. The summed E-state index contributed by atoms with van der Waals surface area (Å²) in [7, 11) is 0. The van der Waals surface area contributed by atoms with E-state index in [-0.39, 0.29) is 11.6 Å². The number of benzene rings is 2. The molecule has 0 amide bonds. The summed E-state index contributed by atoms with van der Waals surface area (Å²) in [4.78, 5) is 0. The van der Waals surface area contributed by atoms with Gasteiger partial charge in [0.1, 0.15) is 11.6 Å². The van der Waals surface area contributed by atoms with E-state index in [0.29, 0.717) is 0 Å². The lowest BCUT2D eigenvalue weighted by molar-refractivity contribution is 0.475. The van der Waals surface area contributed by atoms with Crippen LogP contribution in [0.25, 0.3) is 11.1 Å². The SMILES string of the molecule is Cc1cc(O)cc(-c2ccc(F)cc2)c1. The zero-order valence-electron chi connectivity index (χ0n) is 8.37. The molecule has 0 heterocycles. The normalized spacial score (nSPS) is 10.3. The Morgan fingerprint density at radius 1 is 0.933 bits per heavy atom. The summed E-state index contributed by atoms with van der Waals surface area (Å²) in [6, 6.07) is 11.5. The van der Waals surface area contributed by atoms with Crippen LogP contribution in [0.2, 0.25) is 0 Å². The van der Waals surface area contributed by atoms with Crippen molar-refractivity contribution in [3.63, 3.8) is 0 Å². The Labute approximate surface area is 87.8 Å². The van der Waals surface area contributed by atoms with E-state index in [1.165, 1.54) is 12.1 Å². The molecule has 15 heavy (non-hydrogen) atoms.